The van der Waals surface area contributed by atoms with Crippen LogP contribution in [0.1, 0.15) is 16.8 Å². The van der Waals surface area contributed by atoms with Gasteiger partial charge in [-0.2, -0.15) is 0 Å². The van der Waals surface area contributed by atoms with Crippen LogP contribution in [0.2, 0.25) is 0 Å². The maximum absolute atomic E-state index is 11.8. The molecule has 5 nitrogen and oxygen atoms in total. The number of hydrogen-bond acceptors (Lipinski definition) is 6. The summed E-state index contributed by atoms with van der Waals surface area (Å²) in [5, 5.41) is 0. The zero-order chi connectivity index (χ0) is 14.5. The predicted octanol–water partition coefficient (Wildman–Crippen LogP) is 3.63. The first-order chi connectivity index (χ1) is 10.3. The lowest BCUT2D eigenvalue weighted by molar-refractivity contribution is -0.161. The zero-order valence-electron chi connectivity index (χ0n) is 11.1. The van der Waals surface area contributed by atoms with E-state index in [-0.39, 0.29) is 5.78 Å². The molecule has 0 fully saturated rings. The fourth-order valence-electron chi connectivity index (χ4n) is 1.92. The van der Waals surface area contributed by atoms with E-state index < -0.39 is 0 Å². The molecule has 1 heterocycles. The molecule has 1 N–H and O–H groups in total. The van der Waals surface area contributed by atoms with E-state index in [1.165, 1.54) is 0 Å². The topological polar surface area (TPSA) is 56.8 Å². The predicted molar refractivity (Wildman–Crippen MR) is 79.0 cm³/mol. The summed E-state index contributed by atoms with van der Waals surface area (Å²) in [6.07, 6.45) is 0.400. The highest BCUT2D eigenvalue weighted by Gasteiger charge is 2.18. The van der Waals surface area contributed by atoms with Crippen LogP contribution in [0.15, 0.2) is 53.4 Å². The highest BCUT2D eigenvalue weighted by molar-refractivity contribution is 7.94. The SMILES string of the molecule is O=C1CCOc2ccc(NOOSc3ccccc3)cc21. The van der Waals surface area contributed by atoms with Gasteiger partial charge in [0.15, 0.2) is 5.78 Å². The lowest BCUT2D eigenvalue weighted by Gasteiger charge is -2.16. The quantitative estimate of drug-likeness (QED) is 0.394. The van der Waals surface area contributed by atoms with E-state index in [2.05, 4.69) is 5.48 Å². The third-order valence-electron chi connectivity index (χ3n) is 2.93. The Bertz CT molecular complexity index is 633. The Labute approximate surface area is 126 Å². The van der Waals surface area contributed by atoms with E-state index in [9.17, 15) is 4.79 Å². The molecule has 1 aliphatic heterocycles. The molecule has 0 atom stereocenters. The Morgan fingerprint density at radius 2 is 2.00 bits per heavy atom. The van der Waals surface area contributed by atoms with Crippen molar-refractivity contribution in [3.8, 4) is 5.75 Å². The second-order valence-electron chi connectivity index (χ2n) is 4.38. The summed E-state index contributed by atoms with van der Waals surface area (Å²) in [6.45, 7) is 0.436. The van der Waals surface area contributed by atoms with Crippen molar-refractivity contribution in [2.75, 3.05) is 12.1 Å². The Morgan fingerprint density at radius 3 is 2.86 bits per heavy atom. The summed E-state index contributed by atoms with van der Waals surface area (Å²) in [4.78, 5) is 17.6. The van der Waals surface area contributed by atoms with Crippen molar-refractivity contribution in [1.29, 1.82) is 0 Å². The number of hydrogen-bond donors (Lipinski definition) is 1. The Balaban J connectivity index is 1.54. The molecule has 1 aliphatic rings. The van der Waals surface area contributed by atoms with Crippen LogP contribution in [0.25, 0.3) is 0 Å². The first-order valence-corrected chi connectivity index (χ1v) is 7.18. The van der Waals surface area contributed by atoms with E-state index in [0.717, 1.165) is 16.9 Å². The second kappa shape index (κ2) is 6.62. The van der Waals surface area contributed by atoms with Crippen LogP contribution >= 0.6 is 12.0 Å². The normalized spacial score (nSPS) is 13.4. The van der Waals surface area contributed by atoms with Gasteiger partial charge in [0, 0.05) is 11.3 Å². The molecule has 3 rings (SSSR count). The molecule has 0 unspecified atom stereocenters. The maximum Gasteiger partial charge on any atom is 0.170 e. The van der Waals surface area contributed by atoms with E-state index in [1.807, 2.05) is 30.3 Å². The van der Waals surface area contributed by atoms with Gasteiger partial charge >= 0.3 is 0 Å². The summed E-state index contributed by atoms with van der Waals surface area (Å²) in [7, 11) is 0. The molecule has 0 aromatic heterocycles. The molecule has 0 amide bonds. The minimum atomic E-state index is 0.0690. The highest BCUT2D eigenvalue weighted by atomic mass is 32.2. The molecule has 2 aromatic rings. The molecular weight excluding hydrogens is 290 g/mol. The minimum Gasteiger partial charge on any atom is -0.492 e. The van der Waals surface area contributed by atoms with Gasteiger partial charge in [-0.1, -0.05) is 18.2 Å². The second-order valence-corrected chi connectivity index (χ2v) is 5.16. The van der Waals surface area contributed by atoms with Gasteiger partial charge in [0.25, 0.3) is 0 Å². The van der Waals surface area contributed by atoms with Crippen LogP contribution in [-0.2, 0) is 9.32 Å². The molecule has 0 aliphatic carbocycles. The lowest BCUT2D eigenvalue weighted by Crippen LogP contribution is -2.15. The molecule has 21 heavy (non-hydrogen) atoms. The number of fused-ring (bicyclic) bond motifs is 1. The van der Waals surface area contributed by atoms with Crippen LogP contribution < -0.4 is 10.2 Å². The van der Waals surface area contributed by atoms with Gasteiger partial charge in [0.05, 0.1) is 29.9 Å². The monoisotopic (exact) mass is 303 g/mol. The molecule has 0 bridgehead atoms. The average Bonchev–Trinajstić information content (AvgIpc) is 2.53. The summed E-state index contributed by atoms with van der Waals surface area (Å²) >= 11 is 1.09. The van der Waals surface area contributed by atoms with Crippen molar-refractivity contribution < 1.29 is 18.9 Å². The van der Waals surface area contributed by atoms with Crippen LogP contribution in [0.4, 0.5) is 5.69 Å². The van der Waals surface area contributed by atoms with E-state index in [0.29, 0.717) is 30.0 Å². The summed E-state index contributed by atoms with van der Waals surface area (Å²) < 4.78 is 10.4. The summed E-state index contributed by atoms with van der Waals surface area (Å²) in [6, 6.07) is 14.7. The number of benzene rings is 2. The number of Topliss-reactive ketones (excluding diaryl/α,β-unsaturated/α-hetero) is 1. The number of rotatable bonds is 5. The standard InChI is InChI=1S/C15H13NO4S/c17-14-8-9-18-15-7-6-11(10-13(14)15)16-19-20-21-12-4-2-1-3-5-12/h1-7,10,16H,8-9H2. The highest BCUT2D eigenvalue weighted by Crippen LogP contribution is 2.28. The van der Waals surface area contributed by atoms with Gasteiger partial charge in [0.1, 0.15) is 5.75 Å². The van der Waals surface area contributed by atoms with Crippen molar-refractivity contribution in [3.05, 3.63) is 54.1 Å². The number of carbonyl (C=O) groups excluding carboxylic acids is 1. The number of carbonyl (C=O) groups is 1. The Hall–Kier alpha value is -2.02. The minimum absolute atomic E-state index is 0.0690. The molecule has 0 radical (unpaired) electrons. The number of nitrogens with one attached hydrogen (secondary N) is 1. The van der Waals surface area contributed by atoms with Crippen molar-refractivity contribution in [1.82, 2.24) is 0 Å². The smallest absolute Gasteiger partial charge is 0.170 e. The van der Waals surface area contributed by atoms with Crippen molar-refractivity contribution in [2.45, 2.75) is 11.3 Å². The molecular formula is C15H13NO4S. The molecule has 0 spiro atoms. The molecule has 6 heteroatoms. The lowest BCUT2D eigenvalue weighted by atomic mass is 10.0. The van der Waals surface area contributed by atoms with Gasteiger partial charge < -0.3 is 4.74 Å². The van der Waals surface area contributed by atoms with Crippen molar-refractivity contribution >= 4 is 23.5 Å². The summed E-state index contributed by atoms with van der Waals surface area (Å²) in [5.74, 6) is 0.677. The van der Waals surface area contributed by atoms with Crippen LogP contribution in [0.3, 0.4) is 0 Å². The average molecular weight is 303 g/mol. The fourth-order valence-corrected chi connectivity index (χ4v) is 2.34. The summed E-state index contributed by atoms with van der Waals surface area (Å²) in [5.41, 5.74) is 3.82. The van der Waals surface area contributed by atoms with Crippen LogP contribution in [0, 0.1) is 0 Å². The number of anilines is 1. The molecule has 108 valence electrons. The van der Waals surface area contributed by atoms with Crippen LogP contribution in [0.5, 0.6) is 5.75 Å². The third-order valence-corrected chi connectivity index (χ3v) is 3.53. The van der Waals surface area contributed by atoms with Crippen molar-refractivity contribution in [2.24, 2.45) is 0 Å². The largest absolute Gasteiger partial charge is 0.492 e. The van der Waals surface area contributed by atoms with E-state index >= 15 is 0 Å². The van der Waals surface area contributed by atoms with Crippen molar-refractivity contribution in [3.63, 3.8) is 0 Å². The third kappa shape index (κ3) is 3.55. The molecule has 0 saturated heterocycles. The molecule has 0 saturated carbocycles. The number of ether oxygens (including phenoxy) is 1. The Kier molecular flexibility index (Phi) is 4.40. The van der Waals surface area contributed by atoms with E-state index in [4.69, 9.17) is 14.1 Å². The van der Waals surface area contributed by atoms with Gasteiger partial charge in [-0.05, 0) is 30.3 Å². The molecule has 2 aromatic carbocycles. The van der Waals surface area contributed by atoms with E-state index in [1.54, 1.807) is 18.2 Å². The first kappa shape index (κ1) is 13.9. The van der Waals surface area contributed by atoms with Crippen LogP contribution in [-0.4, -0.2) is 12.4 Å². The maximum atomic E-state index is 11.8. The van der Waals surface area contributed by atoms with Gasteiger partial charge in [0.2, 0.25) is 0 Å². The van der Waals surface area contributed by atoms with Gasteiger partial charge in [-0.15, -0.1) is 9.32 Å². The fraction of sp³-hybridized carbons (Fsp3) is 0.133. The van der Waals surface area contributed by atoms with Gasteiger partial charge in [-0.3, -0.25) is 4.79 Å². The Morgan fingerprint density at radius 1 is 1.14 bits per heavy atom. The zero-order valence-corrected chi connectivity index (χ0v) is 11.9. The first-order valence-electron chi connectivity index (χ1n) is 6.44. The number of ketones is 1. The van der Waals surface area contributed by atoms with Gasteiger partial charge in [-0.25, -0.2) is 5.48 Å².